The summed E-state index contributed by atoms with van der Waals surface area (Å²) in [5.74, 6) is 0.457. The Morgan fingerprint density at radius 1 is 1.00 bits per heavy atom. The van der Waals surface area contributed by atoms with Gasteiger partial charge in [0.25, 0.3) is 0 Å². The number of rotatable bonds is 3. The van der Waals surface area contributed by atoms with E-state index < -0.39 is 0 Å². The van der Waals surface area contributed by atoms with Crippen LogP contribution in [0, 0.1) is 0 Å². The summed E-state index contributed by atoms with van der Waals surface area (Å²) in [4.78, 5) is 0. The zero-order chi connectivity index (χ0) is 13.1. The molecule has 0 bridgehead atoms. The van der Waals surface area contributed by atoms with Gasteiger partial charge < -0.3 is 15.5 Å². The maximum Gasteiger partial charge on any atom is 0.134 e. The molecule has 0 aliphatic rings. The van der Waals surface area contributed by atoms with Crippen LogP contribution in [0.15, 0.2) is 45.3 Å². The Kier molecular flexibility index (Phi) is 4.14. The lowest BCUT2D eigenvalue weighted by atomic mass is 10.2. The van der Waals surface area contributed by atoms with Crippen molar-refractivity contribution in [2.24, 2.45) is 0 Å². The van der Waals surface area contributed by atoms with Gasteiger partial charge in [0.15, 0.2) is 0 Å². The summed E-state index contributed by atoms with van der Waals surface area (Å²) in [6, 6.07) is 10.4. The number of anilines is 1. The Morgan fingerprint density at radius 2 is 1.67 bits per heavy atom. The van der Waals surface area contributed by atoms with Gasteiger partial charge >= 0.3 is 0 Å². The molecule has 0 radical (unpaired) electrons. The average Bonchev–Trinajstić information content (AvgIpc) is 2.34. The minimum absolute atomic E-state index is 0.226. The molecule has 3 nitrogen and oxygen atoms in total. The van der Waals surface area contributed by atoms with Crippen molar-refractivity contribution in [1.82, 2.24) is 0 Å². The second-order valence-electron chi connectivity index (χ2n) is 3.80. The Labute approximate surface area is 122 Å². The average molecular weight is 373 g/mol. The summed E-state index contributed by atoms with van der Waals surface area (Å²) >= 11 is 6.67. The molecular formula is C13H11Br2NO2. The summed E-state index contributed by atoms with van der Waals surface area (Å²) in [7, 11) is 0. The van der Waals surface area contributed by atoms with Crippen LogP contribution in [0.1, 0.15) is 5.56 Å². The number of phenolic OH excluding ortho intramolecular Hbond substituents is 2. The third-order valence-corrected chi connectivity index (χ3v) is 3.52. The SMILES string of the molecule is Oc1ccc(NCc2cc(Br)cc(Br)c2O)cc1. The molecule has 3 N–H and O–H groups in total. The van der Waals surface area contributed by atoms with Crippen molar-refractivity contribution in [1.29, 1.82) is 0 Å². The van der Waals surface area contributed by atoms with Gasteiger partial charge in [-0.1, -0.05) is 15.9 Å². The molecule has 2 aromatic rings. The number of hydrogen-bond donors (Lipinski definition) is 3. The van der Waals surface area contributed by atoms with Gasteiger partial charge in [0, 0.05) is 22.3 Å². The molecule has 18 heavy (non-hydrogen) atoms. The monoisotopic (exact) mass is 371 g/mol. The third-order valence-electron chi connectivity index (χ3n) is 2.46. The second kappa shape index (κ2) is 5.63. The van der Waals surface area contributed by atoms with Crippen molar-refractivity contribution in [3.8, 4) is 11.5 Å². The molecule has 0 saturated carbocycles. The van der Waals surface area contributed by atoms with Crippen LogP contribution in [-0.2, 0) is 6.54 Å². The van der Waals surface area contributed by atoms with Gasteiger partial charge in [0.1, 0.15) is 11.5 Å². The number of hydrogen-bond acceptors (Lipinski definition) is 3. The summed E-state index contributed by atoms with van der Waals surface area (Å²) in [5.41, 5.74) is 1.66. The lowest BCUT2D eigenvalue weighted by Crippen LogP contribution is -1.99. The van der Waals surface area contributed by atoms with E-state index in [1.807, 2.05) is 6.07 Å². The lowest BCUT2D eigenvalue weighted by molar-refractivity contribution is 0.465. The minimum atomic E-state index is 0.226. The van der Waals surface area contributed by atoms with Gasteiger partial charge in [0.2, 0.25) is 0 Å². The number of benzene rings is 2. The Balaban J connectivity index is 2.13. The van der Waals surface area contributed by atoms with Gasteiger partial charge in [-0.15, -0.1) is 0 Å². The van der Waals surface area contributed by atoms with E-state index in [9.17, 15) is 10.2 Å². The van der Waals surface area contributed by atoms with E-state index in [2.05, 4.69) is 37.2 Å². The van der Waals surface area contributed by atoms with E-state index in [-0.39, 0.29) is 11.5 Å². The minimum Gasteiger partial charge on any atom is -0.508 e. The fourth-order valence-electron chi connectivity index (χ4n) is 1.53. The zero-order valence-corrected chi connectivity index (χ0v) is 12.5. The fraction of sp³-hybridized carbons (Fsp3) is 0.0769. The van der Waals surface area contributed by atoms with E-state index in [0.717, 1.165) is 15.7 Å². The smallest absolute Gasteiger partial charge is 0.134 e. The largest absolute Gasteiger partial charge is 0.508 e. The van der Waals surface area contributed by atoms with Crippen LogP contribution in [0.2, 0.25) is 0 Å². The highest BCUT2D eigenvalue weighted by Crippen LogP contribution is 2.32. The first-order chi connectivity index (χ1) is 8.56. The normalized spacial score (nSPS) is 10.3. The molecular weight excluding hydrogens is 362 g/mol. The predicted molar refractivity (Wildman–Crippen MR) is 78.9 cm³/mol. The standard InChI is InChI=1S/C13H11Br2NO2/c14-9-5-8(13(18)12(15)6-9)7-16-10-1-3-11(17)4-2-10/h1-6,16-18H,7H2. The molecule has 5 heteroatoms. The lowest BCUT2D eigenvalue weighted by Gasteiger charge is -2.10. The highest BCUT2D eigenvalue weighted by Gasteiger charge is 2.07. The van der Waals surface area contributed by atoms with Crippen molar-refractivity contribution in [2.45, 2.75) is 6.54 Å². The van der Waals surface area contributed by atoms with Gasteiger partial charge in [-0.3, -0.25) is 0 Å². The van der Waals surface area contributed by atoms with Gasteiger partial charge in [-0.2, -0.15) is 0 Å². The first-order valence-corrected chi connectivity index (χ1v) is 6.84. The molecule has 0 aromatic heterocycles. The highest BCUT2D eigenvalue weighted by atomic mass is 79.9. The highest BCUT2D eigenvalue weighted by molar-refractivity contribution is 9.11. The first kappa shape index (κ1) is 13.2. The first-order valence-electron chi connectivity index (χ1n) is 5.26. The molecule has 2 aromatic carbocycles. The molecule has 0 saturated heterocycles. The van der Waals surface area contributed by atoms with Crippen LogP contribution in [0.25, 0.3) is 0 Å². The topological polar surface area (TPSA) is 52.5 Å². The van der Waals surface area contributed by atoms with Gasteiger partial charge in [0.05, 0.1) is 4.47 Å². The van der Waals surface area contributed by atoms with E-state index in [1.54, 1.807) is 30.3 Å². The van der Waals surface area contributed by atoms with Crippen molar-refractivity contribution in [3.63, 3.8) is 0 Å². The van der Waals surface area contributed by atoms with Gasteiger partial charge in [-0.05, 0) is 52.3 Å². The molecule has 0 amide bonds. The third kappa shape index (κ3) is 3.17. The number of nitrogens with one attached hydrogen (secondary N) is 1. The Hall–Kier alpha value is -1.20. The Morgan fingerprint density at radius 3 is 2.33 bits per heavy atom. The van der Waals surface area contributed by atoms with E-state index in [1.165, 1.54) is 0 Å². The van der Waals surface area contributed by atoms with Crippen molar-refractivity contribution in [3.05, 3.63) is 50.9 Å². The van der Waals surface area contributed by atoms with Crippen LogP contribution < -0.4 is 5.32 Å². The van der Waals surface area contributed by atoms with Crippen LogP contribution in [0.4, 0.5) is 5.69 Å². The van der Waals surface area contributed by atoms with Crippen molar-refractivity contribution < 1.29 is 10.2 Å². The molecule has 2 rings (SSSR count). The molecule has 0 aliphatic carbocycles. The molecule has 0 aliphatic heterocycles. The summed E-state index contributed by atoms with van der Waals surface area (Å²) < 4.78 is 1.55. The molecule has 0 heterocycles. The molecule has 94 valence electrons. The molecule has 0 atom stereocenters. The second-order valence-corrected chi connectivity index (χ2v) is 5.57. The van der Waals surface area contributed by atoms with Crippen molar-refractivity contribution in [2.75, 3.05) is 5.32 Å². The van der Waals surface area contributed by atoms with E-state index in [0.29, 0.717) is 11.0 Å². The number of phenols is 2. The van der Waals surface area contributed by atoms with E-state index in [4.69, 9.17) is 0 Å². The van der Waals surface area contributed by atoms with Crippen LogP contribution in [-0.4, -0.2) is 10.2 Å². The summed E-state index contributed by atoms with van der Waals surface area (Å²) in [6.07, 6.45) is 0. The summed E-state index contributed by atoms with van der Waals surface area (Å²) in [5, 5.41) is 22.2. The van der Waals surface area contributed by atoms with E-state index >= 15 is 0 Å². The quantitative estimate of drug-likeness (QED) is 0.706. The molecule has 0 unspecified atom stereocenters. The van der Waals surface area contributed by atoms with Crippen LogP contribution in [0.3, 0.4) is 0 Å². The maximum atomic E-state index is 9.90. The summed E-state index contributed by atoms with van der Waals surface area (Å²) in [6.45, 7) is 0.495. The number of aromatic hydroxyl groups is 2. The predicted octanol–water partition coefficient (Wildman–Crippen LogP) is 4.23. The van der Waals surface area contributed by atoms with Crippen LogP contribution >= 0.6 is 31.9 Å². The maximum absolute atomic E-state index is 9.90. The zero-order valence-electron chi connectivity index (χ0n) is 9.32. The Bertz CT molecular complexity index is 556. The van der Waals surface area contributed by atoms with Crippen LogP contribution in [0.5, 0.6) is 11.5 Å². The van der Waals surface area contributed by atoms with Gasteiger partial charge in [-0.25, -0.2) is 0 Å². The molecule has 0 fully saturated rings. The van der Waals surface area contributed by atoms with Crippen molar-refractivity contribution >= 4 is 37.5 Å². The number of halogens is 2. The fourth-order valence-corrected chi connectivity index (χ4v) is 2.84. The molecule has 0 spiro atoms.